The number of nitrogens with one attached hydrogen (secondary N) is 1. The van der Waals surface area contributed by atoms with Gasteiger partial charge in [0.15, 0.2) is 0 Å². The third kappa shape index (κ3) is 5.09. The van der Waals surface area contributed by atoms with Gasteiger partial charge in [-0.05, 0) is 56.0 Å². The highest BCUT2D eigenvalue weighted by Gasteiger charge is 2.12. The summed E-state index contributed by atoms with van der Waals surface area (Å²) in [5.41, 5.74) is 1.40. The van der Waals surface area contributed by atoms with E-state index < -0.39 is 0 Å². The Bertz CT molecular complexity index is 320. The lowest BCUT2D eigenvalue weighted by atomic mass is 9.89. The molecule has 0 aliphatic heterocycles. The molecule has 2 nitrogen and oxygen atoms in total. The lowest BCUT2D eigenvalue weighted by Gasteiger charge is -2.20. The molecule has 0 heterocycles. The van der Waals surface area contributed by atoms with Crippen LogP contribution in [-0.2, 0) is 6.42 Å². The summed E-state index contributed by atoms with van der Waals surface area (Å²) in [6.45, 7) is 5.71. The van der Waals surface area contributed by atoms with Gasteiger partial charge in [-0.15, -0.1) is 0 Å². The van der Waals surface area contributed by atoms with Crippen molar-refractivity contribution in [3.63, 3.8) is 0 Å². The summed E-state index contributed by atoms with van der Waals surface area (Å²) in [5, 5.41) is 3.32. The van der Waals surface area contributed by atoms with Crippen molar-refractivity contribution in [3.8, 4) is 5.75 Å². The van der Waals surface area contributed by atoms with Crippen molar-refractivity contribution in [2.24, 2.45) is 11.8 Å². The van der Waals surface area contributed by atoms with Gasteiger partial charge in [-0.2, -0.15) is 0 Å². The Morgan fingerprint density at radius 3 is 2.39 bits per heavy atom. The van der Waals surface area contributed by atoms with E-state index in [-0.39, 0.29) is 0 Å². The molecule has 0 aromatic heterocycles. The zero-order chi connectivity index (χ0) is 13.4. The number of benzene rings is 1. The van der Waals surface area contributed by atoms with Crippen LogP contribution < -0.4 is 10.1 Å². The average molecular weight is 249 g/mol. The molecule has 0 radical (unpaired) electrons. The maximum atomic E-state index is 5.19. The third-order valence-corrected chi connectivity index (χ3v) is 3.61. The highest BCUT2D eigenvalue weighted by atomic mass is 16.5. The van der Waals surface area contributed by atoms with E-state index in [2.05, 4.69) is 43.4 Å². The Hall–Kier alpha value is -1.02. The number of methoxy groups -OCH3 is 1. The molecule has 2 heteroatoms. The van der Waals surface area contributed by atoms with Gasteiger partial charge in [0, 0.05) is 0 Å². The second-order valence-corrected chi connectivity index (χ2v) is 5.23. The predicted molar refractivity (Wildman–Crippen MR) is 78.2 cm³/mol. The summed E-state index contributed by atoms with van der Waals surface area (Å²) in [5.74, 6) is 2.46. The summed E-state index contributed by atoms with van der Waals surface area (Å²) in [4.78, 5) is 0. The Balaban J connectivity index is 2.58. The van der Waals surface area contributed by atoms with Crippen LogP contribution in [0.4, 0.5) is 0 Å². The molecule has 1 N–H and O–H groups in total. The fourth-order valence-electron chi connectivity index (χ4n) is 2.36. The van der Waals surface area contributed by atoms with Crippen LogP contribution in [0.3, 0.4) is 0 Å². The normalized spacial score (nSPS) is 14.2. The monoisotopic (exact) mass is 249 g/mol. The zero-order valence-electron chi connectivity index (χ0n) is 12.2. The van der Waals surface area contributed by atoms with Crippen molar-refractivity contribution in [1.29, 1.82) is 0 Å². The molecule has 1 rings (SSSR count). The standard InChI is InChI=1S/C16H27NO/c1-5-13(2)10-15(12-17-3)11-14-6-8-16(18-4)9-7-14/h6-9,13,15,17H,5,10-12H2,1-4H3. The van der Waals surface area contributed by atoms with Gasteiger partial charge in [-0.25, -0.2) is 0 Å². The van der Waals surface area contributed by atoms with E-state index in [1.54, 1.807) is 7.11 Å². The smallest absolute Gasteiger partial charge is 0.118 e. The molecule has 2 unspecified atom stereocenters. The van der Waals surface area contributed by atoms with Crippen LogP contribution in [0.5, 0.6) is 5.75 Å². The molecule has 0 spiro atoms. The SMILES string of the molecule is CCC(C)CC(CNC)Cc1ccc(OC)cc1. The summed E-state index contributed by atoms with van der Waals surface area (Å²) in [6.07, 6.45) is 3.71. The van der Waals surface area contributed by atoms with Crippen LogP contribution in [0.25, 0.3) is 0 Å². The average Bonchev–Trinajstić information content (AvgIpc) is 2.39. The molecule has 0 saturated heterocycles. The van der Waals surface area contributed by atoms with Crippen molar-refractivity contribution in [2.75, 3.05) is 20.7 Å². The molecular weight excluding hydrogens is 222 g/mol. The lowest BCUT2D eigenvalue weighted by molar-refractivity contribution is 0.370. The quantitative estimate of drug-likeness (QED) is 0.761. The Morgan fingerprint density at radius 1 is 1.22 bits per heavy atom. The van der Waals surface area contributed by atoms with Gasteiger partial charge in [-0.1, -0.05) is 32.4 Å². The van der Waals surface area contributed by atoms with Gasteiger partial charge in [-0.3, -0.25) is 0 Å². The number of hydrogen-bond donors (Lipinski definition) is 1. The Labute approximate surface area is 112 Å². The Morgan fingerprint density at radius 2 is 1.89 bits per heavy atom. The van der Waals surface area contributed by atoms with E-state index in [9.17, 15) is 0 Å². The first-order valence-corrected chi connectivity index (χ1v) is 6.97. The van der Waals surface area contributed by atoms with Crippen molar-refractivity contribution in [2.45, 2.75) is 33.1 Å². The second-order valence-electron chi connectivity index (χ2n) is 5.23. The maximum absolute atomic E-state index is 5.19. The van der Waals surface area contributed by atoms with E-state index in [4.69, 9.17) is 4.74 Å². The largest absolute Gasteiger partial charge is 0.497 e. The maximum Gasteiger partial charge on any atom is 0.118 e. The van der Waals surface area contributed by atoms with Crippen LogP contribution in [0.15, 0.2) is 24.3 Å². The highest BCUT2D eigenvalue weighted by molar-refractivity contribution is 5.27. The minimum atomic E-state index is 0.721. The molecule has 102 valence electrons. The van der Waals surface area contributed by atoms with Crippen LogP contribution >= 0.6 is 0 Å². The summed E-state index contributed by atoms with van der Waals surface area (Å²) < 4.78 is 5.19. The molecule has 0 aliphatic carbocycles. The third-order valence-electron chi connectivity index (χ3n) is 3.61. The first kappa shape index (κ1) is 15.0. The molecule has 0 amide bonds. The van der Waals surface area contributed by atoms with Crippen LogP contribution in [0.2, 0.25) is 0 Å². The van der Waals surface area contributed by atoms with Gasteiger partial charge in [0.25, 0.3) is 0 Å². The van der Waals surface area contributed by atoms with Crippen LogP contribution in [0, 0.1) is 11.8 Å². The van der Waals surface area contributed by atoms with Crippen LogP contribution in [0.1, 0.15) is 32.3 Å². The van der Waals surface area contributed by atoms with E-state index >= 15 is 0 Å². The molecule has 0 bridgehead atoms. The molecule has 0 fully saturated rings. The Kier molecular flexibility index (Phi) is 6.81. The molecular formula is C16H27NO. The van der Waals surface area contributed by atoms with Crippen molar-refractivity contribution in [1.82, 2.24) is 5.32 Å². The number of ether oxygens (including phenoxy) is 1. The topological polar surface area (TPSA) is 21.3 Å². The first-order valence-electron chi connectivity index (χ1n) is 6.97. The summed E-state index contributed by atoms with van der Waals surface area (Å²) >= 11 is 0. The second kappa shape index (κ2) is 8.15. The first-order chi connectivity index (χ1) is 8.69. The molecule has 18 heavy (non-hydrogen) atoms. The number of rotatable bonds is 8. The van der Waals surface area contributed by atoms with E-state index in [1.807, 2.05) is 7.05 Å². The van der Waals surface area contributed by atoms with Gasteiger partial charge >= 0.3 is 0 Å². The molecule has 0 saturated carbocycles. The summed E-state index contributed by atoms with van der Waals surface area (Å²) in [6, 6.07) is 8.46. The molecule has 0 aliphatic rings. The summed E-state index contributed by atoms with van der Waals surface area (Å²) in [7, 11) is 3.75. The highest BCUT2D eigenvalue weighted by Crippen LogP contribution is 2.20. The molecule has 1 aromatic carbocycles. The van der Waals surface area contributed by atoms with E-state index in [1.165, 1.54) is 18.4 Å². The fourth-order valence-corrected chi connectivity index (χ4v) is 2.36. The van der Waals surface area contributed by atoms with E-state index in [0.717, 1.165) is 30.6 Å². The molecule has 2 atom stereocenters. The minimum absolute atomic E-state index is 0.721. The van der Waals surface area contributed by atoms with Crippen molar-refractivity contribution < 1.29 is 4.74 Å². The molecule has 1 aromatic rings. The fraction of sp³-hybridized carbons (Fsp3) is 0.625. The predicted octanol–water partition coefficient (Wildman–Crippen LogP) is 3.51. The van der Waals surface area contributed by atoms with Crippen molar-refractivity contribution in [3.05, 3.63) is 29.8 Å². The lowest BCUT2D eigenvalue weighted by Crippen LogP contribution is -2.22. The van der Waals surface area contributed by atoms with E-state index in [0.29, 0.717) is 0 Å². The van der Waals surface area contributed by atoms with Gasteiger partial charge in [0.05, 0.1) is 7.11 Å². The van der Waals surface area contributed by atoms with Gasteiger partial charge in [0.1, 0.15) is 5.75 Å². The van der Waals surface area contributed by atoms with Crippen LogP contribution in [-0.4, -0.2) is 20.7 Å². The van der Waals surface area contributed by atoms with Crippen molar-refractivity contribution >= 4 is 0 Å². The number of hydrogen-bond acceptors (Lipinski definition) is 2. The zero-order valence-corrected chi connectivity index (χ0v) is 12.2. The minimum Gasteiger partial charge on any atom is -0.497 e. The van der Waals surface area contributed by atoms with Gasteiger partial charge in [0.2, 0.25) is 0 Å². The van der Waals surface area contributed by atoms with Gasteiger partial charge < -0.3 is 10.1 Å².